The van der Waals surface area contributed by atoms with Crippen molar-refractivity contribution in [1.82, 2.24) is 4.90 Å². The number of aliphatic imine (C=N–C) groups is 1. The molecule has 0 aliphatic carbocycles. The Bertz CT molecular complexity index is 140. The van der Waals surface area contributed by atoms with Crippen molar-refractivity contribution >= 4 is 16.9 Å². The monoisotopic (exact) mass is 204 g/mol. The Labute approximate surface area is 87.0 Å². The van der Waals surface area contributed by atoms with E-state index in [0.29, 0.717) is 5.29 Å². The lowest BCUT2D eigenvalue weighted by Crippen LogP contribution is -2.29. The number of rotatable bonds is 6. The molecule has 0 aromatic heterocycles. The Hall–Kier alpha value is -0.240. The lowest BCUT2D eigenvalue weighted by atomic mass is 10.4. The van der Waals surface area contributed by atoms with Gasteiger partial charge >= 0.3 is 0 Å². The number of halogens is 1. The second-order valence-electron chi connectivity index (χ2n) is 3.14. The molecule has 0 bridgehead atoms. The summed E-state index contributed by atoms with van der Waals surface area (Å²) in [5.74, 6) is 0. The Morgan fingerprint density at radius 3 is 2.00 bits per heavy atom. The third-order valence-electron chi connectivity index (χ3n) is 1.71. The zero-order chi connectivity index (χ0) is 10.1. The van der Waals surface area contributed by atoms with E-state index in [1.54, 1.807) is 0 Å². The molecule has 78 valence electrons. The highest BCUT2D eigenvalue weighted by Crippen LogP contribution is 2.01. The summed E-state index contributed by atoms with van der Waals surface area (Å²) in [7, 11) is 0. The van der Waals surface area contributed by atoms with Crippen LogP contribution in [0.15, 0.2) is 4.99 Å². The van der Waals surface area contributed by atoms with Crippen LogP contribution in [0.4, 0.5) is 0 Å². The van der Waals surface area contributed by atoms with Gasteiger partial charge in [0.1, 0.15) is 0 Å². The third-order valence-corrected chi connectivity index (χ3v) is 2.07. The molecule has 0 radical (unpaired) electrons. The summed E-state index contributed by atoms with van der Waals surface area (Å²) in [6, 6.07) is 0. The number of amidine groups is 1. The van der Waals surface area contributed by atoms with Gasteiger partial charge in [0, 0.05) is 19.6 Å². The van der Waals surface area contributed by atoms with Gasteiger partial charge in [-0.3, -0.25) is 4.99 Å². The predicted molar refractivity (Wildman–Crippen MR) is 60.6 cm³/mol. The van der Waals surface area contributed by atoms with Crippen LogP contribution < -0.4 is 0 Å². The molecular weight excluding hydrogens is 184 g/mol. The first-order valence-corrected chi connectivity index (χ1v) is 5.58. The first-order valence-electron chi connectivity index (χ1n) is 5.21. The minimum atomic E-state index is 0.686. The lowest BCUT2D eigenvalue weighted by Gasteiger charge is -2.21. The van der Waals surface area contributed by atoms with Gasteiger partial charge in [0.2, 0.25) is 0 Å². The van der Waals surface area contributed by atoms with Crippen LogP contribution in [0, 0.1) is 0 Å². The van der Waals surface area contributed by atoms with E-state index in [1.807, 2.05) is 0 Å². The van der Waals surface area contributed by atoms with E-state index in [1.165, 1.54) is 0 Å². The highest BCUT2D eigenvalue weighted by molar-refractivity contribution is 6.64. The average molecular weight is 205 g/mol. The van der Waals surface area contributed by atoms with Crippen molar-refractivity contribution in [2.45, 2.75) is 40.0 Å². The van der Waals surface area contributed by atoms with Crippen LogP contribution in [-0.2, 0) is 0 Å². The van der Waals surface area contributed by atoms with Gasteiger partial charge in [-0.05, 0) is 30.9 Å². The topological polar surface area (TPSA) is 15.6 Å². The second-order valence-corrected chi connectivity index (χ2v) is 3.48. The van der Waals surface area contributed by atoms with Crippen molar-refractivity contribution in [3.05, 3.63) is 0 Å². The normalized spacial score (nSPS) is 11.8. The maximum absolute atomic E-state index is 6.06. The Balaban J connectivity index is 4.00. The van der Waals surface area contributed by atoms with Crippen molar-refractivity contribution in [2.24, 2.45) is 4.99 Å². The van der Waals surface area contributed by atoms with Crippen molar-refractivity contribution in [2.75, 3.05) is 19.6 Å². The van der Waals surface area contributed by atoms with Crippen molar-refractivity contribution in [1.29, 1.82) is 0 Å². The molecule has 0 atom stereocenters. The van der Waals surface area contributed by atoms with Crippen LogP contribution in [0.3, 0.4) is 0 Å². The fourth-order valence-corrected chi connectivity index (χ4v) is 1.39. The van der Waals surface area contributed by atoms with Crippen LogP contribution >= 0.6 is 11.6 Å². The predicted octanol–water partition coefficient (Wildman–Crippen LogP) is 3.11. The maximum Gasteiger partial charge on any atom is 0.193 e. The molecule has 2 nitrogen and oxygen atoms in total. The molecule has 13 heavy (non-hydrogen) atoms. The molecular formula is C10H21ClN2. The van der Waals surface area contributed by atoms with Gasteiger partial charge in [-0.2, -0.15) is 0 Å². The number of nitrogens with zero attached hydrogens (tertiary/aromatic N) is 2. The molecule has 0 heterocycles. The average Bonchev–Trinajstić information content (AvgIpc) is 2.14. The van der Waals surface area contributed by atoms with Gasteiger partial charge in [-0.1, -0.05) is 20.8 Å². The standard InChI is InChI=1S/C10H21ClN2/c1-4-7-12-10(11)13(8-5-2)9-6-3/h4-9H2,1-3H3. The first-order chi connectivity index (χ1) is 6.26. The molecule has 0 N–H and O–H groups in total. The van der Waals surface area contributed by atoms with Gasteiger partial charge in [-0.25, -0.2) is 0 Å². The van der Waals surface area contributed by atoms with Crippen molar-refractivity contribution < 1.29 is 0 Å². The van der Waals surface area contributed by atoms with Crippen LogP contribution in [0.5, 0.6) is 0 Å². The molecule has 0 saturated carbocycles. The first kappa shape index (κ1) is 12.8. The molecule has 0 aromatic carbocycles. The van der Waals surface area contributed by atoms with E-state index in [0.717, 1.165) is 38.9 Å². The zero-order valence-corrected chi connectivity index (χ0v) is 9.77. The summed E-state index contributed by atoms with van der Waals surface area (Å²) in [4.78, 5) is 6.44. The molecule has 0 aromatic rings. The van der Waals surface area contributed by atoms with E-state index < -0.39 is 0 Å². The summed E-state index contributed by atoms with van der Waals surface area (Å²) in [5, 5.41) is 0.686. The molecule has 0 amide bonds. The number of hydrogen-bond donors (Lipinski definition) is 0. The Morgan fingerprint density at radius 2 is 1.62 bits per heavy atom. The fraction of sp³-hybridized carbons (Fsp3) is 0.900. The number of hydrogen-bond acceptors (Lipinski definition) is 1. The second kappa shape index (κ2) is 8.36. The fourth-order valence-electron chi connectivity index (χ4n) is 1.14. The highest BCUT2D eigenvalue weighted by atomic mass is 35.5. The third kappa shape index (κ3) is 5.92. The summed E-state index contributed by atoms with van der Waals surface area (Å²) in [5.41, 5.74) is 0. The molecule has 0 fully saturated rings. The van der Waals surface area contributed by atoms with E-state index in [2.05, 4.69) is 30.7 Å². The molecule has 0 aliphatic rings. The van der Waals surface area contributed by atoms with Gasteiger partial charge in [0.15, 0.2) is 5.29 Å². The van der Waals surface area contributed by atoms with Gasteiger partial charge < -0.3 is 4.90 Å². The van der Waals surface area contributed by atoms with Crippen LogP contribution in [0.1, 0.15) is 40.0 Å². The van der Waals surface area contributed by atoms with Crippen LogP contribution in [-0.4, -0.2) is 29.8 Å². The van der Waals surface area contributed by atoms with Gasteiger partial charge in [0.05, 0.1) is 0 Å². The zero-order valence-electron chi connectivity index (χ0n) is 9.02. The summed E-state index contributed by atoms with van der Waals surface area (Å²) >= 11 is 6.06. The molecule has 0 saturated heterocycles. The smallest absolute Gasteiger partial charge is 0.193 e. The minimum absolute atomic E-state index is 0.686. The maximum atomic E-state index is 6.06. The highest BCUT2D eigenvalue weighted by Gasteiger charge is 2.05. The molecule has 3 heteroatoms. The molecule has 0 aliphatic heterocycles. The Kier molecular flexibility index (Phi) is 8.21. The summed E-state index contributed by atoms with van der Waals surface area (Å²) < 4.78 is 0. The quantitative estimate of drug-likeness (QED) is 0.369. The van der Waals surface area contributed by atoms with E-state index >= 15 is 0 Å². The summed E-state index contributed by atoms with van der Waals surface area (Å²) in [6.07, 6.45) is 3.30. The summed E-state index contributed by atoms with van der Waals surface area (Å²) in [6.45, 7) is 9.29. The van der Waals surface area contributed by atoms with E-state index in [-0.39, 0.29) is 0 Å². The van der Waals surface area contributed by atoms with Crippen LogP contribution in [0.25, 0.3) is 0 Å². The lowest BCUT2D eigenvalue weighted by molar-refractivity contribution is 0.422. The molecule has 0 rings (SSSR count). The van der Waals surface area contributed by atoms with Crippen LogP contribution in [0.2, 0.25) is 0 Å². The molecule has 0 spiro atoms. The van der Waals surface area contributed by atoms with E-state index in [4.69, 9.17) is 11.6 Å². The van der Waals surface area contributed by atoms with Crippen molar-refractivity contribution in [3.63, 3.8) is 0 Å². The largest absolute Gasteiger partial charge is 0.347 e. The van der Waals surface area contributed by atoms with Gasteiger partial charge in [-0.15, -0.1) is 0 Å². The minimum Gasteiger partial charge on any atom is -0.347 e. The van der Waals surface area contributed by atoms with E-state index in [9.17, 15) is 0 Å². The van der Waals surface area contributed by atoms with Crippen molar-refractivity contribution in [3.8, 4) is 0 Å². The molecule has 0 unspecified atom stereocenters. The SMILES string of the molecule is CCCN=C(Cl)N(CCC)CCC. The van der Waals surface area contributed by atoms with Gasteiger partial charge in [0.25, 0.3) is 0 Å². The Morgan fingerprint density at radius 1 is 1.08 bits per heavy atom.